The molecule has 0 aromatic carbocycles. The fraction of sp³-hybridized carbons (Fsp3) is 0.650. The first-order chi connectivity index (χ1) is 12.0. The van der Waals surface area contributed by atoms with E-state index in [1.807, 2.05) is 29.3 Å². The lowest BCUT2D eigenvalue weighted by atomic mass is 9.82. The summed E-state index contributed by atoms with van der Waals surface area (Å²) in [5, 5.41) is 6.55. The Labute approximate surface area is 155 Å². The highest BCUT2D eigenvalue weighted by atomic mass is 32.1. The minimum absolute atomic E-state index is 0.00512. The number of aryl methyl sites for hydroxylation is 2. The molecule has 1 saturated heterocycles. The summed E-state index contributed by atoms with van der Waals surface area (Å²) < 4.78 is 7.82. The van der Waals surface area contributed by atoms with Gasteiger partial charge in [-0.2, -0.15) is 5.10 Å². The number of hydrogen-bond donors (Lipinski definition) is 0. The maximum Gasteiger partial charge on any atom is 0.0540 e. The van der Waals surface area contributed by atoms with Gasteiger partial charge in [0.25, 0.3) is 0 Å². The average molecular weight is 362 g/mol. The van der Waals surface area contributed by atoms with Gasteiger partial charge in [0.2, 0.25) is 0 Å². The lowest BCUT2D eigenvalue weighted by molar-refractivity contribution is 0.0386. The van der Waals surface area contributed by atoms with E-state index in [1.54, 1.807) is 0 Å². The molecule has 3 rings (SSSR count). The van der Waals surface area contributed by atoms with Gasteiger partial charge in [-0.05, 0) is 58.0 Å². The van der Waals surface area contributed by atoms with Gasteiger partial charge in [-0.3, -0.25) is 9.58 Å². The zero-order chi connectivity index (χ0) is 17.9. The highest BCUT2D eigenvalue weighted by Crippen LogP contribution is 2.41. The minimum atomic E-state index is 0.00512. The first-order valence-electron chi connectivity index (χ1n) is 9.29. The molecule has 0 amide bonds. The van der Waals surface area contributed by atoms with Gasteiger partial charge in [-0.25, -0.2) is 0 Å². The fourth-order valence-electron chi connectivity index (χ4n) is 3.89. The van der Waals surface area contributed by atoms with Crippen LogP contribution in [0.25, 0.3) is 0 Å². The standard InChI is InChI=1S/C20H31N3OS/c1-5-24-16-20(9-8-18-7-6-12-25-18)10-11-23(15-20)19(2,3)17-13-21-22(4)14-17/h6-7,12-14H,5,8-11,15-16H2,1-4H3/t20-/m1/s1. The molecule has 4 nitrogen and oxygen atoms in total. The lowest BCUT2D eigenvalue weighted by Crippen LogP contribution is -2.42. The average Bonchev–Trinajstić information content (AvgIpc) is 3.32. The fourth-order valence-corrected chi connectivity index (χ4v) is 4.60. The van der Waals surface area contributed by atoms with Crippen molar-refractivity contribution < 1.29 is 4.74 Å². The molecule has 25 heavy (non-hydrogen) atoms. The van der Waals surface area contributed by atoms with Crippen molar-refractivity contribution in [3.8, 4) is 0 Å². The van der Waals surface area contributed by atoms with E-state index in [0.29, 0.717) is 0 Å². The normalized spacial score (nSPS) is 21.9. The highest BCUT2D eigenvalue weighted by molar-refractivity contribution is 7.09. The third-order valence-corrected chi connectivity index (χ3v) is 6.67. The zero-order valence-electron chi connectivity index (χ0n) is 16.0. The molecule has 0 aliphatic carbocycles. The van der Waals surface area contributed by atoms with Crippen molar-refractivity contribution in [1.82, 2.24) is 14.7 Å². The summed E-state index contributed by atoms with van der Waals surface area (Å²) in [6, 6.07) is 4.41. The van der Waals surface area contributed by atoms with Crippen molar-refractivity contribution in [1.29, 1.82) is 0 Å². The molecule has 0 saturated carbocycles. The monoisotopic (exact) mass is 361 g/mol. The van der Waals surface area contributed by atoms with E-state index in [0.717, 1.165) is 32.7 Å². The molecule has 1 aliphatic heterocycles. The van der Waals surface area contributed by atoms with Gasteiger partial charge in [-0.15, -0.1) is 11.3 Å². The Morgan fingerprint density at radius 2 is 2.24 bits per heavy atom. The van der Waals surface area contributed by atoms with Gasteiger partial charge in [0.1, 0.15) is 0 Å². The van der Waals surface area contributed by atoms with Gasteiger partial charge in [0.15, 0.2) is 0 Å². The Morgan fingerprint density at radius 1 is 1.40 bits per heavy atom. The molecular weight excluding hydrogens is 330 g/mol. The molecular formula is C20H31N3OS. The molecule has 3 heterocycles. The molecule has 0 N–H and O–H groups in total. The lowest BCUT2D eigenvalue weighted by Gasteiger charge is -2.37. The quantitative estimate of drug-likeness (QED) is 0.710. The van der Waals surface area contributed by atoms with Crippen LogP contribution in [-0.4, -0.2) is 41.0 Å². The van der Waals surface area contributed by atoms with Crippen LogP contribution >= 0.6 is 11.3 Å². The second-order valence-electron chi connectivity index (χ2n) is 7.85. The minimum Gasteiger partial charge on any atom is -0.381 e. The van der Waals surface area contributed by atoms with Crippen LogP contribution in [0.3, 0.4) is 0 Å². The second kappa shape index (κ2) is 7.60. The molecule has 138 valence electrons. The summed E-state index contributed by atoms with van der Waals surface area (Å²) in [4.78, 5) is 4.11. The van der Waals surface area contributed by atoms with Crippen molar-refractivity contribution in [2.75, 3.05) is 26.3 Å². The van der Waals surface area contributed by atoms with E-state index in [-0.39, 0.29) is 11.0 Å². The van der Waals surface area contributed by atoms with E-state index in [2.05, 4.69) is 54.5 Å². The predicted molar refractivity (Wildman–Crippen MR) is 104 cm³/mol. The van der Waals surface area contributed by atoms with Crippen LogP contribution in [0.5, 0.6) is 0 Å². The first-order valence-corrected chi connectivity index (χ1v) is 10.2. The maximum absolute atomic E-state index is 5.92. The summed E-state index contributed by atoms with van der Waals surface area (Å²) in [7, 11) is 1.99. The predicted octanol–water partition coefficient (Wildman–Crippen LogP) is 4.08. The summed E-state index contributed by atoms with van der Waals surface area (Å²) in [6.07, 6.45) is 7.73. The smallest absolute Gasteiger partial charge is 0.0540 e. The van der Waals surface area contributed by atoms with Gasteiger partial charge in [0, 0.05) is 47.8 Å². The number of rotatable bonds is 8. The maximum atomic E-state index is 5.92. The number of nitrogens with zero attached hydrogens (tertiary/aromatic N) is 3. The Kier molecular flexibility index (Phi) is 5.66. The highest BCUT2D eigenvalue weighted by Gasteiger charge is 2.43. The topological polar surface area (TPSA) is 30.3 Å². The van der Waals surface area contributed by atoms with Gasteiger partial charge in [0.05, 0.1) is 12.8 Å². The molecule has 0 spiro atoms. The largest absolute Gasteiger partial charge is 0.381 e. The summed E-state index contributed by atoms with van der Waals surface area (Å²) in [5.41, 5.74) is 1.56. The van der Waals surface area contributed by atoms with E-state index in [9.17, 15) is 0 Å². The van der Waals surface area contributed by atoms with Crippen LogP contribution in [0.2, 0.25) is 0 Å². The first kappa shape index (κ1) is 18.6. The van der Waals surface area contributed by atoms with Crippen molar-refractivity contribution >= 4 is 11.3 Å². The Morgan fingerprint density at radius 3 is 2.88 bits per heavy atom. The third-order valence-electron chi connectivity index (χ3n) is 5.73. The Bertz CT molecular complexity index is 664. The van der Waals surface area contributed by atoms with Gasteiger partial charge < -0.3 is 4.74 Å². The number of ether oxygens (including phenoxy) is 1. The van der Waals surface area contributed by atoms with E-state index < -0.39 is 0 Å². The Balaban J connectivity index is 1.72. The third kappa shape index (κ3) is 4.15. The van der Waals surface area contributed by atoms with Crippen LogP contribution in [0.15, 0.2) is 29.9 Å². The molecule has 5 heteroatoms. The van der Waals surface area contributed by atoms with Gasteiger partial charge in [-0.1, -0.05) is 6.07 Å². The van der Waals surface area contributed by atoms with Crippen molar-refractivity contribution in [3.63, 3.8) is 0 Å². The molecule has 1 fully saturated rings. The number of likely N-dealkylation sites (tertiary alicyclic amines) is 1. The summed E-state index contributed by atoms with van der Waals surface area (Å²) in [5.74, 6) is 0. The van der Waals surface area contributed by atoms with Crippen molar-refractivity contribution in [3.05, 3.63) is 40.3 Å². The van der Waals surface area contributed by atoms with Crippen LogP contribution in [0, 0.1) is 5.41 Å². The molecule has 1 atom stereocenters. The van der Waals surface area contributed by atoms with Gasteiger partial charge >= 0.3 is 0 Å². The van der Waals surface area contributed by atoms with E-state index in [4.69, 9.17) is 4.74 Å². The zero-order valence-corrected chi connectivity index (χ0v) is 16.8. The second-order valence-corrected chi connectivity index (χ2v) is 8.88. The van der Waals surface area contributed by atoms with E-state index >= 15 is 0 Å². The molecule has 0 radical (unpaired) electrons. The SMILES string of the molecule is CCOC[C@]1(CCc2cccs2)CCN(C(C)(C)c2cnn(C)c2)C1. The number of hydrogen-bond acceptors (Lipinski definition) is 4. The van der Waals surface area contributed by atoms with Crippen molar-refractivity contribution in [2.24, 2.45) is 12.5 Å². The van der Waals surface area contributed by atoms with E-state index in [1.165, 1.54) is 23.3 Å². The van der Waals surface area contributed by atoms with Crippen molar-refractivity contribution in [2.45, 2.75) is 45.6 Å². The Hall–Kier alpha value is -1.17. The molecule has 2 aromatic rings. The van der Waals surface area contributed by atoms with Crippen LogP contribution in [0.1, 0.15) is 44.1 Å². The molecule has 2 aromatic heterocycles. The van der Waals surface area contributed by atoms with Crippen LogP contribution in [-0.2, 0) is 23.7 Å². The summed E-state index contributed by atoms with van der Waals surface area (Å²) >= 11 is 1.87. The molecule has 1 aliphatic rings. The molecule has 0 unspecified atom stereocenters. The van der Waals surface area contributed by atoms with Crippen LogP contribution < -0.4 is 0 Å². The summed E-state index contributed by atoms with van der Waals surface area (Å²) in [6.45, 7) is 10.6. The molecule has 0 bridgehead atoms. The number of aromatic nitrogens is 2. The van der Waals surface area contributed by atoms with Crippen LogP contribution in [0.4, 0.5) is 0 Å². The number of thiophene rings is 1.